The highest BCUT2D eigenvalue weighted by atomic mass is 16.6. The Bertz CT molecular complexity index is 505. The van der Waals surface area contributed by atoms with Crippen LogP contribution in [0.5, 0.6) is 5.75 Å². The average molecular weight is 280 g/mol. The maximum atomic E-state index is 12.0. The lowest BCUT2D eigenvalue weighted by Crippen LogP contribution is -2.40. The number of nitrogens with zero attached hydrogens (tertiary/aromatic N) is 2. The van der Waals surface area contributed by atoms with Crippen LogP contribution in [0.25, 0.3) is 0 Å². The van der Waals surface area contributed by atoms with Gasteiger partial charge in [0.15, 0.2) is 6.61 Å². The van der Waals surface area contributed by atoms with Gasteiger partial charge in [0.25, 0.3) is 11.6 Å². The van der Waals surface area contributed by atoms with E-state index in [-0.39, 0.29) is 36.6 Å². The second-order valence-electron chi connectivity index (χ2n) is 4.61. The van der Waals surface area contributed by atoms with Crippen LogP contribution in [-0.4, -0.2) is 46.6 Å². The Morgan fingerprint density at radius 2 is 2.35 bits per heavy atom. The monoisotopic (exact) mass is 280 g/mol. The predicted molar refractivity (Wildman–Crippen MR) is 70.4 cm³/mol. The Kier molecular flexibility index (Phi) is 4.52. The van der Waals surface area contributed by atoms with Gasteiger partial charge in [-0.3, -0.25) is 14.9 Å². The third kappa shape index (κ3) is 3.24. The molecule has 1 aliphatic heterocycles. The van der Waals surface area contributed by atoms with Gasteiger partial charge < -0.3 is 14.7 Å². The number of nitro benzene ring substituents is 1. The number of benzene rings is 1. The van der Waals surface area contributed by atoms with Gasteiger partial charge in [-0.25, -0.2) is 0 Å². The quantitative estimate of drug-likeness (QED) is 0.640. The summed E-state index contributed by atoms with van der Waals surface area (Å²) >= 11 is 0. The fraction of sp³-hybridized carbons (Fsp3) is 0.462. The van der Waals surface area contributed by atoms with Crippen LogP contribution in [-0.2, 0) is 4.79 Å². The molecule has 1 N–H and O–H groups in total. The molecule has 1 heterocycles. The highest BCUT2D eigenvalue weighted by Crippen LogP contribution is 2.20. The zero-order valence-corrected chi connectivity index (χ0v) is 10.9. The molecule has 1 aromatic rings. The van der Waals surface area contributed by atoms with E-state index in [0.29, 0.717) is 6.54 Å². The Labute approximate surface area is 115 Å². The van der Waals surface area contributed by atoms with E-state index in [0.717, 1.165) is 12.8 Å². The molecule has 0 aromatic heterocycles. The van der Waals surface area contributed by atoms with E-state index in [9.17, 15) is 14.9 Å². The molecule has 2 rings (SSSR count). The molecule has 1 fully saturated rings. The van der Waals surface area contributed by atoms with Gasteiger partial charge in [-0.2, -0.15) is 0 Å². The Morgan fingerprint density at radius 1 is 1.55 bits per heavy atom. The molecule has 20 heavy (non-hydrogen) atoms. The first-order valence-electron chi connectivity index (χ1n) is 6.39. The van der Waals surface area contributed by atoms with Crippen LogP contribution in [0, 0.1) is 10.1 Å². The van der Waals surface area contributed by atoms with Crippen LogP contribution in [0.3, 0.4) is 0 Å². The van der Waals surface area contributed by atoms with E-state index in [1.54, 1.807) is 11.0 Å². The minimum atomic E-state index is -0.517. The van der Waals surface area contributed by atoms with Gasteiger partial charge >= 0.3 is 0 Å². The predicted octanol–water partition coefficient (Wildman–Crippen LogP) is 0.957. The van der Waals surface area contributed by atoms with Gasteiger partial charge in [-0.05, 0) is 18.9 Å². The zero-order valence-electron chi connectivity index (χ0n) is 10.9. The summed E-state index contributed by atoms with van der Waals surface area (Å²) in [6.45, 7) is 0.378. The van der Waals surface area contributed by atoms with Gasteiger partial charge in [-0.1, -0.05) is 6.07 Å². The van der Waals surface area contributed by atoms with Gasteiger partial charge in [0, 0.05) is 12.6 Å². The van der Waals surface area contributed by atoms with Crippen LogP contribution in [0.2, 0.25) is 0 Å². The average Bonchev–Trinajstić information content (AvgIpc) is 2.93. The third-order valence-corrected chi connectivity index (χ3v) is 3.30. The van der Waals surface area contributed by atoms with E-state index >= 15 is 0 Å². The molecule has 0 saturated carbocycles. The van der Waals surface area contributed by atoms with E-state index in [2.05, 4.69) is 0 Å². The summed E-state index contributed by atoms with van der Waals surface area (Å²) in [6, 6.07) is 5.56. The number of aliphatic hydroxyl groups is 1. The molecule has 0 spiro atoms. The Balaban J connectivity index is 1.93. The van der Waals surface area contributed by atoms with Crippen molar-refractivity contribution in [2.45, 2.75) is 18.9 Å². The number of carbonyl (C=O) groups is 1. The molecular formula is C13H16N2O5. The standard InChI is InChI=1S/C13H16N2O5/c16-8-11-4-2-6-14(11)13(17)9-20-12-5-1-3-10(7-12)15(18)19/h1,3,5,7,11,16H,2,4,6,8-9H2. The number of carbonyl (C=O) groups excluding carboxylic acids is 1. The molecule has 1 aliphatic rings. The number of rotatable bonds is 5. The number of ether oxygens (including phenoxy) is 1. The molecule has 1 aromatic carbocycles. The van der Waals surface area contributed by atoms with Crippen molar-refractivity contribution in [3.05, 3.63) is 34.4 Å². The van der Waals surface area contributed by atoms with Crippen LogP contribution < -0.4 is 4.74 Å². The first-order valence-corrected chi connectivity index (χ1v) is 6.39. The highest BCUT2D eigenvalue weighted by molar-refractivity contribution is 5.78. The van der Waals surface area contributed by atoms with Gasteiger partial charge in [-0.15, -0.1) is 0 Å². The lowest BCUT2D eigenvalue weighted by Gasteiger charge is -2.22. The van der Waals surface area contributed by atoms with Crippen molar-refractivity contribution in [1.82, 2.24) is 4.90 Å². The summed E-state index contributed by atoms with van der Waals surface area (Å²) in [7, 11) is 0. The summed E-state index contributed by atoms with van der Waals surface area (Å²) in [6.07, 6.45) is 1.66. The van der Waals surface area contributed by atoms with Crippen molar-refractivity contribution in [3.63, 3.8) is 0 Å². The molecule has 1 atom stereocenters. The minimum Gasteiger partial charge on any atom is -0.484 e. The van der Waals surface area contributed by atoms with E-state index in [4.69, 9.17) is 9.84 Å². The van der Waals surface area contributed by atoms with Crippen molar-refractivity contribution in [1.29, 1.82) is 0 Å². The Morgan fingerprint density at radius 3 is 3.05 bits per heavy atom. The van der Waals surface area contributed by atoms with Crippen molar-refractivity contribution in [2.24, 2.45) is 0 Å². The normalized spacial score (nSPS) is 18.1. The van der Waals surface area contributed by atoms with Gasteiger partial charge in [0.1, 0.15) is 5.75 Å². The molecule has 0 radical (unpaired) electrons. The van der Waals surface area contributed by atoms with Crippen LogP contribution in [0.1, 0.15) is 12.8 Å². The number of likely N-dealkylation sites (tertiary alicyclic amines) is 1. The summed E-state index contributed by atoms with van der Waals surface area (Å²) < 4.78 is 5.29. The van der Waals surface area contributed by atoms with Gasteiger partial charge in [0.05, 0.1) is 23.6 Å². The second-order valence-corrected chi connectivity index (χ2v) is 4.61. The van der Waals surface area contributed by atoms with E-state index in [1.165, 1.54) is 18.2 Å². The van der Waals surface area contributed by atoms with E-state index < -0.39 is 4.92 Å². The number of non-ortho nitro benzene ring substituents is 1. The number of hydrogen-bond donors (Lipinski definition) is 1. The molecule has 7 nitrogen and oxygen atoms in total. The topological polar surface area (TPSA) is 92.9 Å². The van der Waals surface area contributed by atoms with Crippen molar-refractivity contribution in [3.8, 4) is 5.75 Å². The fourth-order valence-electron chi connectivity index (χ4n) is 2.27. The molecule has 7 heteroatoms. The summed E-state index contributed by atoms with van der Waals surface area (Å²) in [4.78, 5) is 23.7. The molecule has 108 valence electrons. The maximum absolute atomic E-state index is 12.0. The molecule has 0 bridgehead atoms. The Hall–Kier alpha value is -2.15. The van der Waals surface area contributed by atoms with Crippen LogP contribution in [0.4, 0.5) is 5.69 Å². The minimum absolute atomic E-state index is 0.0530. The number of aliphatic hydroxyl groups excluding tert-OH is 1. The maximum Gasteiger partial charge on any atom is 0.273 e. The van der Waals surface area contributed by atoms with Crippen molar-refractivity contribution < 1.29 is 19.6 Å². The van der Waals surface area contributed by atoms with Crippen molar-refractivity contribution in [2.75, 3.05) is 19.8 Å². The highest BCUT2D eigenvalue weighted by Gasteiger charge is 2.28. The number of nitro groups is 1. The smallest absolute Gasteiger partial charge is 0.273 e. The summed E-state index contributed by atoms with van der Waals surface area (Å²) in [5.41, 5.74) is -0.0793. The van der Waals surface area contributed by atoms with Crippen LogP contribution >= 0.6 is 0 Å². The number of hydrogen-bond acceptors (Lipinski definition) is 5. The second kappa shape index (κ2) is 6.33. The zero-order chi connectivity index (χ0) is 14.5. The summed E-state index contributed by atoms with van der Waals surface area (Å²) in [5, 5.41) is 19.8. The molecular weight excluding hydrogens is 264 g/mol. The largest absolute Gasteiger partial charge is 0.484 e. The molecule has 1 amide bonds. The first kappa shape index (κ1) is 14.3. The van der Waals surface area contributed by atoms with Crippen LogP contribution in [0.15, 0.2) is 24.3 Å². The third-order valence-electron chi connectivity index (χ3n) is 3.30. The first-order chi connectivity index (χ1) is 9.61. The van der Waals surface area contributed by atoms with Crippen molar-refractivity contribution >= 4 is 11.6 Å². The molecule has 1 unspecified atom stereocenters. The lowest BCUT2D eigenvalue weighted by molar-refractivity contribution is -0.384. The summed E-state index contributed by atoms with van der Waals surface area (Å²) in [5.74, 6) is 0.0698. The molecule has 1 saturated heterocycles. The lowest BCUT2D eigenvalue weighted by atomic mass is 10.2. The number of amides is 1. The fourth-order valence-corrected chi connectivity index (χ4v) is 2.27. The van der Waals surface area contributed by atoms with E-state index in [1.807, 2.05) is 0 Å². The van der Waals surface area contributed by atoms with Gasteiger partial charge in [0.2, 0.25) is 0 Å². The SMILES string of the molecule is O=C(COc1cccc([N+](=O)[O-])c1)N1CCCC1CO. The molecule has 0 aliphatic carbocycles.